The Hall–Kier alpha value is -0.530. The minimum Gasteiger partial charge on any atom is -0.468 e. The Bertz CT molecular complexity index is 71.7. The number of hydrogen-bond donors (Lipinski definition) is 0. The zero-order chi connectivity index (χ0) is 7.66. The van der Waals surface area contributed by atoms with Gasteiger partial charge in [0.05, 0.1) is 6.61 Å². The van der Waals surface area contributed by atoms with Crippen LogP contribution in [0.5, 0.6) is 0 Å². The van der Waals surface area contributed by atoms with Crippen LogP contribution in [-0.2, 0) is 9.53 Å². The molecule has 0 saturated carbocycles. The molecule has 0 radical (unpaired) electrons. The van der Waals surface area contributed by atoms with Crippen molar-refractivity contribution in [2.24, 2.45) is 0 Å². The lowest BCUT2D eigenvalue weighted by Crippen LogP contribution is -1.90. The molecule has 10 heavy (non-hydrogen) atoms. The predicted octanol–water partition coefficient (Wildman–Crippen LogP) is 2.13. The van der Waals surface area contributed by atoms with Gasteiger partial charge in [-0.2, -0.15) is 0 Å². The zero-order valence-corrected chi connectivity index (χ0v) is 6.64. The Morgan fingerprint density at radius 3 is 2.50 bits per heavy atom. The first-order chi connectivity index (χ1) is 4.91. The van der Waals surface area contributed by atoms with Gasteiger partial charge in [-0.3, -0.25) is 4.79 Å². The van der Waals surface area contributed by atoms with Gasteiger partial charge in [-0.25, -0.2) is 0 Å². The molecule has 0 aromatic carbocycles. The average molecular weight is 144 g/mol. The van der Waals surface area contributed by atoms with Crippen LogP contribution in [0.15, 0.2) is 0 Å². The second kappa shape index (κ2) is 8.47. The highest BCUT2D eigenvalue weighted by molar-refractivity contribution is 5.36. The molecule has 0 N–H and O–H groups in total. The maximum absolute atomic E-state index is 9.67. The van der Waals surface area contributed by atoms with Crippen molar-refractivity contribution in [1.29, 1.82) is 0 Å². The molecule has 0 atom stereocenters. The number of hydrogen-bond acceptors (Lipinski definition) is 2. The largest absolute Gasteiger partial charge is 0.468 e. The smallest absolute Gasteiger partial charge is 0.293 e. The summed E-state index contributed by atoms with van der Waals surface area (Å²) in [6, 6.07) is 0. The highest BCUT2D eigenvalue weighted by Gasteiger charge is 1.87. The summed E-state index contributed by atoms with van der Waals surface area (Å²) in [5, 5.41) is 0. The number of ether oxygens (including phenoxy) is 1. The minimum absolute atomic E-state index is 0.514. The SMILES string of the molecule is CCCCCCCOC=O. The molecular formula is C8H16O2. The van der Waals surface area contributed by atoms with Gasteiger partial charge in [-0.15, -0.1) is 0 Å². The Balaban J connectivity index is 2.70. The van der Waals surface area contributed by atoms with Crippen molar-refractivity contribution < 1.29 is 9.53 Å². The van der Waals surface area contributed by atoms with Crippen LogP contribution in [0.2, 0.25) is 0 Å². The zero-order valence-electron chi connectivity index (χ0n) is 6.64. The second-order valence-corrected chi connectivity index (χ2v) is 2.38. The van der Waals surface area contributed by atoms with E-state index in [1.54, 1.807) is 0 Å². The monoisotopic (exact) mass is 144 g/mol. The first-order valence-corrected chi connectivity index (χ1v) is 3.97. The molecule has 0 amide bonds. The quantitative estimate of drug-likeness (QED) is 0.404. The molecule has 2 nitrogen and oxygen atoms in total. The van der Waals surface area contributed by atoms with Gasteiger partial charge in [0.2, 0.25) is 0 Å². The summed E-state index contributed by atoms with van der Waals surface area (Å²) >= 11 is 0. The molecule has 0 aromatic heterocycles. The van der Waals surface area contributed by atoms with Gasteiger partial charge in [0, 0.05) is 0 Å². The fourth-order valence-corrected chi connectivity index (χ4v) is 0.837. The maximum atomic E-state index is 9.67. The van der Waals surface area contributed by atoms with Crippen LogP contribution in [0.3, 0.4) is 0 Å². The highest BCUT2D eigenvalue weighted by Crippen LogP contribution is 2.01. The lowest BCUT2D eigenvalue weighted by atomic mass is 10.2. The predicted molar refractivity (Wildman–Crippen MR) is 40.8 cm³/mol. The Morgan fingerprint density at radius 2 is 1.90 bits per heavy atom. The summed E-state index contributed by atoms with van der Waals surface area (Å²) in [5.74, 6) is 0. The first-order valence-electron chi connectivity index (χ1n) is 3.97. The Kier molecular flexibility index (Phi) is 8.02. The number of rotatable bonds is 7. The molecule has 0 aliphatic carbocycles. The molecule has 0 spiro atoms. The van der Waals surface area contributed by atoms with E-state index in [0.717, 1.165) is 6.42 Å². The van der Waals surface area contributed by atoms with Gasteiger partial charge in [0.1, 0.15) is 0 Å². The van der Waals surface area contributed by atoms with Crippen LogP contribution >= 0.6 is 0 Å². The van der Waals surface area contributed by atoms with Crippen LogP contribution in [0, 0.1) is 0 Å². The molecule has 0 rings (SSSR count). The Morgan fingerprint density at radius 1 is 1.20 bits per heavy atom. The van der Waals surface area contributed by atoms with E-state index in [0.29, 0.717) is 13.1 Å². The maximum Gasteiger partial charge on any atom is 0.293 e. The molecule has 0 saturated heterocycles. The van der Waals surface area contributed by atoms with E-state index in [2.05, 4.69) is 11.7 Å². The van der Waals surface area contributed by atoms with E-state index in [-0.39, 0.29) is 0 Å². The van der Waals surface area contributed by atoms with Crippen molar-refractivity contribution in [2.75, 3.05) is 6.61 Å². The lowest BCUT2D eigenvalue weighted by Gasteiger charge is -1.97. The summed E-state index contributed by atoms with van der Waals surface area (Å²) in [6.07, 6.45) is 6.01. The second-order valence-electron chi connectivity index (χ2n) is 2.38. The van der Waals surface area contributed by atoms with Crippen molar-refractivity contribution in [2.45, 2.75) is 39.0 Å². The number of carbonyl (C=O) groups is 1. The standard InChI is InChI=1S/C8H16O2/c1-2-3-4-5-6-7-10-8-9/h8H,2-7H2,1H3. The molecule has 0 aliphatic heterocycles. The van der Waals surface area contributed by atoms with Crippen molar-refractivity contribution in [3.63, 3.8) is 0 Å². The van der Waals surface area contributed by atoms with Crippen molar-refractivity contribution in [3.05, 3.63) is 0 Å². The normalized spacial score (nSPS) is 9.30. The van der Waals surface area contributed by atoms with Crippen molar-refractivity contribution >= 4 is 6.47 Å². The molecule has 2 heteroatoms. The Labute approximate surface area is 62.6 Å². The third-order valence-electron chi connectivity index (χ3n) is 1.43. The number of unbranched alkanes of at least 4 members (excludes halogenated alkanes) is 4. The molecular weight excluding hydrogens is 128 g/mol. The lowest BCUT2D eigenvalue weighted by molar-refractivity contribution is -0.128. The average Bonchev–Trinajstić information content (AvgIpc) is 1.97. The summed E-state index contributed by atoms with van der Waals surface area (Å²) in [6.45, 7) is 3.29. The van der Waals surface area contributed by atoms with E-state index in [1.807, 2.05) is 0 Å². The van der Waals surface area contributed by atoms with Crippen LogP contribution in [0.4, 0.5) is 0 Å². The molecule has 0 aliphatic rings. The molecule has 60 valence electrons. The van der Waals surface area contributed by atoms with E-state index in [9.17, 15) is 4.79 Å². The molecule has 0 fully saturated rings. The number of carbonyl (C=O) groups excluding carboxylic acids is 1. The molecule has 0 heterocycles. The van der Waals surface area contributed by atoms with Crippen LogP contribution in [0.25, 0.3) is 0 Å². The molecule has 0 aromatic rings. The molecule has 0 unspecified atom stereocenters. The summed E-state index contributed by atoms with van der Waals surface area (Å²) < 4.78 is 4.53. The van der Waals surface area contributed by atoms with Gasteiger partial charge >= 0.3 is 0 Å². The summed E-state index contributed by atoms with van der Waals surface area (Å²) in [5.41, 5.74) is 0. The topological polar surface area (TPSA) is 26.3 Å². The summed E-state index contributed by atoms with van der Waals surface area (Å²) in [4.78, 5) is 9.67. The van der Waals surface area contributed by atoms with E-state index in [1.165, 1.54) is 25.7 Å². The van der Waals surface area contributed by atoms with Crippen molar-refractivity contribution in [1.82, 2.24) is 0 Å². The third kappa shape index (κ3) is 7.47. The first kappa shape index (κ1) is 9.47. The molecule has 0 bridgehead atoms. The van der Waals surface area contributed by atoms with Gasteiger partial charge in [0.15, 0.2) is 0 Å². The van der Waals surface area contributed by atoms with Gasteiger partial charge < -0.3 is 4.74 Å². The van der Waals surface area contributed by atoms with Gasteiger partial charge in [0.25, 0.3) is 6.47 Å². The third-order valence-corrected chi connectivity index (χ3v) is 1.43. The van der Waals surface area contributed by atoms with E-state index >= 15 is 0 Å². The van der Waals surface area contributed by atoms with Gasteiger partial charge in [-0.1, -0.05) is 32.6 Å². The fraction of sp³-hybridized carbons (Fsp3) is 0.875. The van der Waals surface area contributed by atoms with E-state index in [4.69, 9.17) is 0 Å². The van der Waals surface area contributed by atoms with Crippen molar-refractivity contribution in [3.8, 4) is 0 Å². The minimum atomic E-state index is 0.514. The van der Waals surface area contributed by atoms with Crippen LogP contribution in [-0.4, -0.2) is 13.1 Å². The van der Waals surface area contributed by atoms with Gasteiger partial charge in [-0.05, 0) is 6.42 Å². The van der Waals surface area contributed by atoms with Crippen LogP contribution in [0.1, 0.15) is 39.0 Å². The summed E-state index contributed by atoms with van der Waals surface area (Å²) in [7, 11) is 0. The fourth-order valence-electron chi connectivity index (χ4n) is 0.837. The van der Waals surface area contributed by atoms with E-state index < -0.39 is 0 Å². The van der Waals surface area contributed by atoms with Crippen LogP contribution < -0.4 is 0 Å². The highest BCUT2D eigenvalue weighted by atomic mass is 16.5.